The number of rotatable bonds is 0. The molecule has 1 aliphatic heterocycles. The molecule has 24 valence electrons. The zero-order valence-electron chi connectivity index (χ0n) is 2.89. The van der Waals surface area contributed by atoms with Crippen molar-refractivity contribution in [2.75, 3.05) is 6.54 Å². The second-order valence-corrected chi connectivity index (χ2v) is 0.942. The van der Waals surface area contributed by atoms with Crippen molar-refractivity contribution in [2.45, 2.75) is 0 Å². The molecule has 0 aliphatic carbocycles. The molecule has 0 N–H and O–H groups in total. The summed E-state index contributed by atoms with van der Waals surface area (Å²) in [7, 11) is 1.81. The standard InChI is InChI=1S/C3H4BN/c1-2-4-5-3-1/h1-2H,3H2. The van der Waals surface area contributed by atoms with Gasteiger partial charge in [0, 0.05) is 0 Å². The molecule has 0 aromatic rings. The second kappa shape index (κ2) is 1.15. The molecule has 0 aromatic heterocycles. The Balaban J connectivity index is 2.61. The molecule has 0 fully saturated rings. The van der Waals surface area contributed by atoms with Crippen molar-refractivity contribution in [3.63, 3.8) is 0 Å². The van der Waals surface area contributed by atoms with Gasteiger partial charge in [-0.15, -0.1) is 0 Å². The second-order valence-electron chi connectivity index (χ2n) is 0.942. The molecule has 1 rings (SSSR count). The van der Waals surface area contributed by atoms with Crippen LogP contribution in [0.15, 0.2) is 16.9 Å². The van der Waals surface area contributed by atoms with Gasteiger partial charge < -0.3 is 0 Å². The van der Waals surface area contributed by atoms with Crippen molar-refractivity contribution < 1.29 is 0 Å². The van der Waals surface area contributed by atoms with Crippen molar-refractivity contribution in [3.05, 3.63) is 12.1 Å². The summed E-state index contributed by atoms with van der Waals surface area (Å²) in [6.07, 6.45) is 2.01. The van der Waals surface area contributed by atoms with Gasteiger partial charge in [-0.1, -0.05) is 0 Å². The normalized spacial score (nSPS) is 16.0. The molecule has 0 radical (unpaired) electrons. The number of nitrogens with zero attached hydrogens (tertiary/aromatic N) is 1. The van der Waals surface area contributed by atoms with E-state index in [1.165, 1.54) is 0 Å². The van der Waals surface area contributed by atoms with E-state index in [0.717, 1.165) is 6.54 Å². The average Bonchev–Trinajstić information content (AvgIpc) is 1.76. The SMILES string of the molecule is B1=NCC=C1. The Morgan fingerprint density at radius 1 is 1.80 bits per heavy atom. The summed E-state index contributed by atoms with van der Waals surface area (Å²) in [6, 6.07) is 0. The van der Waals surface area contributed by atoms with Crippen molar-refractivity contribution >= 4 is 7.07 Å². The molecule has 0 saturated carbocycles. The summed E-state index contributed by atoms with van der Waals surface area (Å²) in [5, 5.41) is 0. The third-order valence-corrected chi connectivity index (χ3v) is 0.538. The predicted octanol–water partition coefficient (Wildman–Crippen LogP) is 0.401. The van der Waals surface area contributed by atoms with Crippen LogP contribution in [0.25, 0.3) is 0 Å². The van der Waals surface area contributed by atoms with E-state index >= 15 is 0 Å². The van der Waals surface area contributed by atoms with Gasteiger partial charge in [-0.25, -0.2) is 0 Å². The monoisotopic (exact) mass is 65.0 g/mol. The Labute approximate surface area is 31.7 Å². The molecule has 0 saturated heterocycles. The molecule has 0 atom stereocenters. The Morgan fingerprint density at radius 2 is 2.80 bits per heavy atom. The molecule has 0 spiro atoms. The summed E-state index contributed by atoms with van der Waals surface area (Å²) in [5.74, 6) is 1.94. The number of hydrogen-bond donors (Lipinski definition) is 0. The van der Waals surface area contributed by atoms with Gasteiger partial charge >= 0.3 is 30.6 Å². The molecular weight excluding hydrogens is 60.9 g/mol. The molecule has 0 bridgehead atoms. The van der Waals surface area contributed by atoms with E-state index < -0.39 is 0 Å². The van der Waals surface area contributed by atoms with E-state index in [-0.39, 0.29) is 0 Å². The van der Waals surface area contributed by atoms with Crippen LogP contribution in [0.1, 0.15) is 0 Å². The Hall–Kier alpha value is -0.395. The van der Waals surface area contributed by atoms with Gasteiger partial charge in [-0.2, -0.15) is 0 Å². The fourth-order valence-electron chi connectivity index (χ4n) is 0.304. The van der Waals surface area contributed by atoms with Gasteiger partial charge in [0.2, 0.25) is 0 Å². The van der Waals surface area contributed by atoms with Crippen LogP contribution in [0.5, 0.6) is 0 Å². The van der Waals surface area contributed by atoms with Crippen LogP contribution < -0.4 is 0 Å². The van der Waals surface area contributed by atoms with Crippen LogP contribution >= 0.6 is 0 Å². The quantitative estimate of drug-likeness (QED) is 0.362. The molecular formula is C3H4BN. The minimum absolute atomic E-state index is 0.889. The van der Waals surface area contributed by atoms with Crippen molar-refractivity contribution in [3.8, 4) is 0 Å². The van der Waals surface area contributed by atoms with Gasteiger partial charge in [0.1, 0.15) is 0 Å². The summed E-state index contributed by atoms with van der Waals surface area (Å²) in [5.41, 5.74) is 0. The van der Waals surface area contributed by atoms with Gasteiger partial charge in [0.15, 0.2) is 0 Å². The minimum atomic E-state index is 0.889. The zero-order valence-corrected chi connectivity index (χ0v) is 2.89. The van der Waals surface area contributed by atoms with E-state index in [4.69, 9.17) is 0 Å². The summed E-state index contributed by atoms with van der Waals surface area (Å²) >= 11 is 0. The first-order valence-electron chi connectivity index (χ1n) is 1.65. The maximum absolute atomic E-state index is 3.85. The summed E-state index contributed by atoms with van der Waals surface area (Å²) in [6.45, 7) is 0.889. The molecule has 2 heteroatoms. The van der Waals surface area contributed by atoms with Crippen LogP contribution in [0.2, 0.25) is 0 Å². The van der Waals surface area contributed by atoms with Crippen molar-refractivity contribution in [1.29, 1.82) is 0 Å². The summed E-state index contributed by atoms with van der Waals surface area (Å²) < 4.78 is 0. The molecule has 1 nitrogen and oxygen atoms in total. The van der Waals surface area contributed by atoms with Crippen LogP contribution in [-0.4, -0.2) is 13.6 Å². The third-order valence-electron chi connectivity index (χ3n) is 0.538. The van der Waals surface area contributed by atoms with E-state index in [9.17, 15) is 0 Å². The zero-order chi connectivity index (χ0) is 3.54. The van der Waals surface area contributed by atoms with Crippen molar-refractivity contribution in [2.24, 2.45) is 4.90 Å². The first-order chi connectivity index (χ1) is 2.50. The Kier molecular flexibility index (Phi) is 0.651. The fourth-order valence-corrected chi connectivity index (χ4v) is 0.304. The van der Waals surface area contributed by atoms with Crippen LogP contribution in [0.4, 0.5) is 0 Å². The van der Waals surface area contributed by atoms with Gasteiger partial charge in [0.25, 0.3) is 0 Å². The molecule has 0 amide bonds. The molecule has 1 heterocycles. The van der Waals surface area contributed by atoms with Crippen LogP contribution in [0.3, 0.4) is 0 Å². The summed E-state index contributed by atoms with van der Waals surface area (Å²) in [4.78, 5) is 3.85. The average molecular weight is 64.9 g/mol. The molecule has 0 unspecified atom stereocenters. The van der Waals surface area contributed by atoms with Crippen molar-refractivity contribution in [1.82, 2.24) is 0 Å². The Morgan fingerprint density at radius 3 is 3.00 bits per heavy atom. The Bertz CT molecular complexity index is 65.0. The fraction of sp³-hybridized carbons (Fsp3) is 0.333. The topological polar surface area (TPSA) is 12.4 Å². The van der Waals surface area contributed by atoms with Crippen LogP contribution in [0, 0.1) is 0 Å². The molecule has 1 aliphatic rings. The van der Waals surface area contributed by atoms with Gasteiger partial charge in [-0.3, -0.25) is 0 Å². The van der Waals surface area contributed by atoms with Gasteiger partial charge in [0.05, 0.1) is 0 Å². The van der Waals surface area contributed by atoms with E-state index in [2.05, 4.69) is 4.90 Å². The first kappa shape index (κ1) is 2.82. The van der Waals surface area contributed by atoms with E-state index in [1.54, 1.807) is 7.07 Å². The molecule has 0 aromatic carbocycles. The third kappa shape index (κ3) is 0.438. The predicted molar refractivity (Wildman–Crippen MR) is 22.2 cm³/mol. The van der Waals surface area contributed by atoms with Gasteiger partial charge in [-0.05, 0) is 0 Å². The van der Waals surface area contributed by atoms with Crippen LogP contribution in [-0.2, 0) is 0 Å². The maximum atomic E-state index is 3.85. The molecule has 5 heavy (non-hydrogen) atoms. The number of hydrogen-bond acceptors (Lipinski definition) is 1. The first-order valence-corrected chi connectivity index (χ1v) is 1.65. The van der Waals surface area contributed by atoms with E-state index in [0.29, 0.717) is 0 Å². The van der Waals surface area contributed by atoms with E-state index in [1.807, 2.05) is 12.1 Å².